The fraction of sp³-hybridized carbons (Fsp3) is 0.400. The Morgan fingerprint density at radius 1 is 1.45 bits per heavy atom. The van der Waals surface area contributed by atoms with Crippen LogP contribution in [-0.4, -0.2) is 33.8 Å². The van der Waals surface area contributed by atoms with Gasteiger partial charge in [0.2, 0.25) is 0 Å². The van der Waals surface area contributed by atoms with Crippen molar-refractivity contribution in [3.05, 3.63) is 29.9 Å². The maximum absolute atomic E-state index is 11.8. The van der Waals surface area contributed by atoms with Crippen LogP contribution >= 0.6 is 11.3 Å². The molecule has 0 aliphatic rings. The summed E-state index contributed by atoms with van der Waals surface area (Å²) >= 11 is 1.34. The number of nitrogens with one attached hydrogen (secondary N) is 2. The van der Waals surface area contributed by atoms with E-state index in [4.69, 9.17) is 0 Å². The Balaban J connectivity index is 1.89. The van der Waals surface area contributed by atoms with E-state index in [9.17, 15) is 9.90 Å². The molecule has 2 aromatic rings. The first kappa shape index (κ1) is 16.4. The van der Waals surface area contributed by atoms with Gasteiger partial charge in [-0.25, -0.2) is 9.78 Å². The fourth-order valence-corrected chi connectivity index (χ4v) is 2.33. The molecule has 0 saturated heterocycles. The summed E-state index contributed by atoms with van der Waals surface area (Å²) in [6.45, 7) is 5.94. The third-order valence-electron chi connectivity index (χ3n) is 3.14. The van der Waals surface area contributed by atoms with E-state index in [-0.39, 0.29) is 18.0 Å². The van der Waals surface area contributed by atoms with Gasteiger partial charge in [0.15, 0.2) is 5.13 Å². The highest BCUT2D eigenvalue weighted by Gasteiger charge is 2.22. The highest BCUT2D eigenvalue weighted by atomic mass is 32.1. The minimum atomic E-state index is -0.611. The number of hydrogen-bond donors (Lipinski definition) is 3. The Labute approximate surface area is 133 Å². The standard InChI is InChI=1S/C15H20N4O2S/c1-15(2,3)12(20)8-17-13(21)19-14-18-11(9-22-14)10-5-4-6-16-7-10/h4-7,9,12,20H,8H2,1-3H3,(H2,17,18,19,21). The quantitative estimate of drug-likeness (QED) is 0.808. The molecule has 2 rings (SSSR count). The molecular formula is C15H20N4O2S. The van der Waals surface area contributed by atoms with Crippen LogP contribution in [0.2, 0.25) is 0 Å². The Bertz CT molecular complexity index is 622. The molecule has 1 atom stereocenters. The van der Waals surface area contributed by atoms with Crippen molar-refractivity contribution in [3.63, 3.8) is 0 Å². The van der Waals surface area contributed by atoms with E-state index in [2.05, 4.69) is 20.6 Å². The van der Waals surface area contributed by atoms with Crippen LogP contribution in [0.1, 0.15) is 20.8 Å². The van der Waals surface area contributed by atoms with Gasteiger partial charge in [0.25, 0.3) is 0 Å². The molecule has 0 fully saturated rings. The number of rotatable bonds is 4. The number of hydrogen-bond acceptors (Lipinski definition) is 5. The highest BCUT2D eigenvalue weighted by Crippen LogP contribution is 2.24. The van der Waals surface area contributed by atoms with Gasteiger partial charge in [0, 0.05) is 29.9 Å². The van der Waals surface area contributed by atoms with Crippen molar-refractivity contribution in [2.45, 2.75) is 26.9 Å². The maximum Gasteiger partial charge on any atom is 0.321 e. The molecule has 6 nitrogen and oxygen atoms in total. The van der Waals surface area contributed by atoms with Crippen LogP contribution in [0.4, 0.5) is 9.93 Å². The van der Waals surface area contributed by atoms with E-state index in [1.807, 2.05) is 38.3 Å². The molecule has 22 heavy (non-hydrogen) atoms. The monoisotopic (exact) mass is 320 g/mol. The van der Waals surface area contributed by atoms with Gasteiger partial charge >= 0.3 is 6.03 Å². The summed E-state index contributed by atoms with van der Waals surface area (Å²) < 4.78 is 0. The maximum atomic E-state index is 11.8. The normalized spacial score (nSPS) is 12.7. The van der Waals surface area contributed by atoms with Crippen molar-refractivity contribution >= 4 is 22.5 Å². The molecule has 0 radical (unpaired) electrons. The molecule has 2 aromatic heterocycles. The first-order chi connectivity index (χ1) is 10.4. The van der Waals surface area contributed by atoms with Gasteiger partial charge in [0.05, 0.1) is 11.8 Å². The number of pyridine rings is 1. The number of carbonyl (C=O) groups is 1. The zero-order chi connectivity index (χ0) is 16.2. The van der Waals surface area contributed by atoms with E-state index in [0.29, 0.717) is 5.13 Å². The van der Waals surface area contributed by atoms with Gasteiger partial charge in [-0.1, -0.05) is 20.8 Å². The van der Waals surface area contributed by atoms with Crippen LogP contribution in [-0.2, 0) is 0 Å². The summed E-state index contributed by atoms with van der Waals surface area (Å²) in [5.74, 6) is 0. The van der Waals surface area contributed by atoms with Gasteiger partial charge in [-0.15, -0.1) is 11.3 Å². The summed E-state index contributed by atoms with van der Waals surface area (Å²) in [5, 5.41) is 17.6. The zero-order valence-corrected chi connectivity index (χ0v) is 13.6. The lowest BCUT2D eigenvalue weighted by molar-refractivity contribution is 0.0654. The average Bonchev–Trinajstić information content (AvgIpc) is 2.93. The number of aliphatic hydroxyl groups excluding tert-OH is 1. The number of nitrogens with zero attached hydrogens (tertiary/aromatic N) is 2. The molecule has 118 valence electrons. The van der Waals surface area contributed by atoms with E-state index in [1.165, 1.54) is 11.3 Å². The molecule has 3 N–H and O–H groups in total. The fourth-order valence-electron chi connectivity index (χ4n) is 1.61. The number of aromatic nitrogens is 2. The van der Waals surface area contributed by atoms with Crippen molar-refractivity contribution in [2.75, 3.05) is 11.9 Å². The van der Waals surface area contributed by atoms with Crippen LogP contribution in [0, 0.1) is 5.41 Å². The number of aliphatic hydroxyl groups is 1. The zero-order valence-electron chi connectivity index (χ0n) is 12.8. The highest BCUT2D eigenvalue weighted by molar-refractivity contribution is 7.14. The minimum absolute atomic E-state index is 0.191. The number of anilines is 1. The minimum Gasteiger partial charge on any atom is -0.391 e. The second-order valence-corrected chi connectivity index (χ2v) is 6.85. The van der Waals surface area contributed by atoms with Crippen LogP contribution < -0.4 is 10.6 Å². The summed E-state index contributed by atoms with van der Waals surface area (Å²) in [7, 11) is 0. The summed E-state index contributed by atoms with van der Waals surface area (Å²) in [6, 6.07) is 3.36. The Morgan fingerprint density at radius 2 is 2.23 bits per heavy atom. The molecule has 7 heteroatoms. The first-order valence-corrected chi connectivity index (χ1v) is 7.83. The molecule has 0 saturated carbocycles. The van der Waals surface area contributed by atoms with Crippen molar-refractivity contribution in [3.8, 4) is 11.3 Å². The number of urea groups is 1. The van der Waals surface area contributed by atoms with Crippen LogP contribution in [0.25, 0.3) is 11.3 Å². The summed E-state index contributed by atoms with van der Waals surface area (Å²) in [6.07, 6.45) is 2.81. The lowest BCUT2D eigenvalue weighted by atomic mass is 9.89. The van der Waals surface area contributed by atoms with E-state index >= 15 is 0 Å². The topological polar surface area (TPSA) is 87.1 Å². The molecule has 0 aliphatic heterocycles. The van der Waals surface area contributed by atoms with E-state index in [0.717, 1.165) is 11.3 Å². The first-order valence-electron chi connectivity index (χ1n) is 6.95. The SMILES string of the molecule is CC(C)(C)C(O)CNC(=O)Nc1nc(-c2cccnc2)cs1. The molecule has 0 spiro atoms. The molecule has 0 aromatic carbocycles. The van der Waals surface area contributed by atoms with Crippen LogP contribution in [0.15, 0.2) is 29.9 Å². The summed E-state index contributed by atoms with van der Waals surface area (Å²) in [4.78, 5) is 20.2. The van der Waals surface area contributed by atoms with Gasteiger partial charge in [-0.05, 0) is 17.5 Å². The molecule has 1 unspecified atom stereocenters. The lowest BCUT2D eigenvalue weighted by Crippen LogP contribution is -2.40. The second kappa shape index (κ2) is 6.85. The summed E-state index contributed by atoms with van der Waals surface area (Å²) in [5.41, 5.74) is 1.39. The second-order valence-electron chi connectivity index (χ2n) is 6.00. The van der Waals surface area contributed by atoms with Crippen molar-refractivity contribution < 1.29 is 9.90 Å². The molecule has 0 bridgehead atoms. The van der Waals surface area contributed by atoms with Crippen molar-refractivity contribution in [1.82, 2.24) is 15.3 Å². The largest absolute Gasteiger partial charge is 0.391 e. The predicted molar refractivity (Wildman–Crippen MR) is 87.8 cm³/mol. The van der Waals surface area contributed by atoms with Crippen LogP contribution in [0.5, 0.6) is 0 Å². The molecule has 0 aliphatic carbocycles. The van der Waals surface area contributed by atoms with Crippen molar-refractivity contribution in [1.29, 1.82) is 0 Å². The van der Waals surface area contributed by atoms with Gasteiger partial charge in [-0.3, -0.25) is 10.3 Å². The smallest absolute Gasteiger partial charge is 0.321 e. The number of carbonyl (C=O) groups excluding carboxylic acids is 1. The third-order valence-corrected chi connectivity index (χ3v) is 3.90. The van der Waals surface area contributed by atoms with Gasteiger partial charge < -0.3 is 10.4 Å². The Kier molecular flexibility index (Phi) is 5.10. The van der Waals surface area contributed by atoms with Crippen molar-refractivity contribution in [2.24, 2.45) is 5.41 Å². The molecular weight excluding hydrogens is 300 g/mol. The van der Waals surface area contributed by atoms with E-state index in [1.54, 1.807) is 12.4 Å². The van der Waals surface area contributed by atoms with Gasteiger partial charge in [-0.2, -0.15) is 0 Å². The van der Waals surface area contributed by atoms with Gasteiger partial charge in [0.1, 0.15) is 0 Å². The predicted octanol–water partition coefficient (Wildman–Crippen LogP) is 2.73. The molecule has 2 amide bonds. The van der Waals surface area contributed by atoms with Crippen LogP contribution in [0.3, 0.4) is 0 Å². The molecule has 2 heterocycles. The van der Waals surface area contributed by atoms with E-state index < -0.39 is 6.10 Å². The average molecular weight is 320 g/mol. The third kappa shape index (κ3) is 4.51. The number of thiazole rings is 1. The lowest BCUT2D eigenvalue weighted by Gasteiger charge is -2.25. The Hall–Kier alpha value is -1.99. The number of amides is 2. The Morgan fingerprint density at radius 3 is 2.86 bits per heavy atom.